The molecular formula is C9H20NO. The first-order chi connectivity index (χ1) is 5.29. The molecule has 1 unspecified atom stereocenters. The average molecular weight is 158 g/mol. The molecule has 0 aliphatic heterocycles. The number of rotatable bonds is 6. The smallest absolute Gasteiger partial charge is 0.110 e. The summed E-state index contributed by atoms with van der Waals surface area (Å²) >= 11 is 0. The summed E-state index contributed by atoms with van der Waals surface area (Å²) in [5, 5.41) is 0. The first-order valence-corrected chi connectivity index (χ1v) is 4.44. The Hall–Kier alpha value is -0.0800. The van der Waals surface area contributed by atoms with E-state index in [1.807, 2.05) is 6.92 Å². The Bertz CT molecular complexity index is 81.6. The van der Waals surface area contributed by atoms with E-state index in [4.69, 9.17) is 4.74 Å². The van der Waals surface area contributed by atoms with Crippen LogP contribution in [-0.2, 0) is 4.74 Å². The predicted molar refractivity (Wildman–Crippen MR) is 48.3 cm³/mol. The third kappa shape index (κ3) is 3.73. The molecule has 0 fully saturated rings. The lowest BCUT2D eigenvalue weighted by molar-refractivity contribution is -0.0480. The molecule has 0 amide bonds. The van der Waals surface area contributed by atoms with Gasteiger partial charge >= 0.3 is 0 Å². The summed E-state index contributed by atoms with van der Waals surface area (Å²) < 4.78 is 5.50. The van der Waals surface area contributed by atoms with Gasteiger partial charge in [0.2, 0.25) is 0 Å². The van der Waals surface area contributed by atoms with Crippen LogP contribution in [0.5, 0.6) is 0 Å². The highest BCUT2D eigenvalue weighted by atomic mass is 16.5. The van der Waals surface area contributed by atoms with Crippen LogP contribution in [0, 0.1) is 6.92 Å². The molecular weight excluding hydrogens is 138 g/mol. The van der Waals surface area contributed by atoms with Crippen molar-refractivity contribution in [2.45, 2.75) is 33.4 Å². The van der Waals surface area contributed by atoms with E-state index < -0.39 is 0 Å². The van der Waals surface area contributed by atoms with Crippen LogP contribution in [0.15, 0.2) is 0 Å². The van der Waals surface area contributed by atoms with Gasteiger partial charge in [0.05, 0.1) is 0 Å². The Morgan fingerprint density at radius 1 is 1.27 bits per heavy atom. The van der Waals surface area contributed by atoms with E-state index in [9.17, 15) is 0 Å². The van der Waals surface area contributed by atoms with Gasteiger partial charge in [-0.3, -0.25) is 4.90 Å². The molecule has 0 saturated carbocycles. The maximum atomic E-state index is 5.50. The highest BCUT2D eigenvalue weighted by molar-refractivity contribution is 4.60. The van der Waals surface area contributed by atoms with Gasteiger partial charge in [0.1, 0.15) is 6.23 Å². The minimum atomic E-state index is 0.218. The maximum absolute atomic E-state index is 5.50. The van der Waals surface area contributed by atoms with Crippen molar-refractivity contribution in [1.82, 2.24) is 4.90 Å². The van der Waals surface area contributed by atoms with Crippen LogP contribution in [0.3, 0.4) is 0 Å². The van der Waals surface area contributed by atoms with Gasteiger partial charge in [0, 0.05) is 6.61 Å². The van der Waals surface area contributed by atoms with E-state index in [0.29, 0.717) is 0 Å². The molecule has 67 valence electrons. The fraction of sp³-hybridized carbons (Fsp3) is 0.889. The number of hydrogen-bond acceptors (Lipinski definition) is 2. The van der Waals surface area contributed by atoms with Gasteiger partial charge in [0.15, 0.2) is 0 Å². The monoisotopic (exact) mass is 158 g/mol. The van der Waals surface area contributed by atoms with Crippen molar-refractivity contribution in [1.29, 1.82) is 0 Å². The standard InChI is InChI=1S/C9H20NO/c1-5-9(11-8-4)10(6-2)7-3/h9H,1,5-8H2,2-4H3. The van der Waals surface area contributed by atoms with Gasteiger partial charge in [-0.15, -0.1) is 0 Å². The van der Waals surface area contributed by atoms with Crippen LogP contribution >= 0.6 is 0 Å². The van der Waals surface area contributed by atoms with Crippen LogP contribution in [0.1, 0.15) is 27.2 Å². The Balaban J connectivity index is 3.76. The van der Waals surface area contributed by atoms with Crippen LogP contribution in [0.4, 0.5) is 0 Å². The van der Waals surface area contributed by atoms with Crippen molar-refractivity contribution < 1.29 is 4.74 Å². The molecule has 2 nitrogen and oxygen atoms in total. The first kappa shape index (κ1) is 10.9. The quantitative estimate of drug-likeness (QED) is 0.547. The molecule has 0 aliphatic carbocycles. The van der Waals surface area contributed by atoms with Gasteiger partial charge in [0.25, 0.3) is 0 Å². The van der Waals surface area contributed by atoms with Crippen LogP contribution in [0.2, 0.25) is 0 Å². The largest absolute Gasteiger partial charge is 0.363 e. The van der Waals surface area contributed by atoms with E-state index in [-0.39, 0.29) is 6.23 Å². The molecule has 0 heterocycles. The van der Waals surface area contributed by atoms with Crippen LogP contribution in [0.25, 0.3) is 0 Å². The van der Waals surface area contributed by atoms with E-state index in [1.165, 1.54) is 0 Å². The van der Waals surface area contributed by atoms with Crippen molar-refractivity contribution in [2.75, 3.05) is 19.7 Å². The van der Waals surface area contributed by atoms with Crippen LogP contribution in [-0.4, -0.2) is 30.8 Å². The molecule has 11 heavy (non-hydrogen) atoms. The van der Waals surface area contributed by atoms with Gasteiger partial charge in [-0.05, 0) is 33.4 Å². The van der Waals surface area contributed by atoms with Crippen molar-refractivity contribution >= 4 is 0 Å². The second-order valence-electron chi connectivity index (χ2n) is 2.42. The van der Waals surface area contributed by atoms with Crippen molar-refractivity contribution in [3.05, 3.63) is 6.92 Å². The normalized spacial score (nSPS) is 13.9. The molecule has 0 rings (SSSR count). The fourth-order valence-corrected chi connectivity index (χ4v) is 1.19. The SMILES string of the molecule is [CH2]CC(OCC)N(CC)CC. The minimum absolute atomic E-state index is 0.218. The molecule has 0 spiro atoms. The minimum Gasteiger partial charge on any atom is -0.363 e. The lowest BCUT2D eigenvalue weighted by Gasteiger charge is -2.27. The second kappa shape index (κ2) is 6.62. The van der Waals surface area contributed by atoms with Gasteiger partial charge in [-0.2, -0.15) is 0 Å². The van der Waals surface area contributed by atoms with Gasteiger partial charge < -0.3 is 4.74 Å². The van der Waals surface area contributed by atoms with E-state index in [0.717, 1.165) is 26.1 Å². The third-order valence-electron chi connectivity index (χ3n) is 1.83. The summed E-state index contributed by atoms with van der Waals surface area (Å²) in [5.41, 5.74) is 0. The summed E-state index contributed by atoms with van der Waals surface area (Å²) in [7, 11) is 0. The zero-order chi connectivity index (χ0) is 8.69. The van der Waals surface area contributed by atoms with Gasteiger partial charge in [-0.25, -0.2) is 0 Å². The molecule has 1 radical (unpaired) electrons. The Morgan fingerprint density at radius 2 is 1.82 bits per heavy atom. The summed E-state index contributed by atoms with van der Waals surface area (Å²) in [5.74, 6) is 0. The van der Waals surface area contributed by atoms with E-state index in [2.05, 4.69) is 25.7 Å². The molecule has 0 aromatic rings. The lowest BCUT2D eigenvalue weighted by Crippen LogP contribution is -2.36. The molecule has 0 aromatic heterocycles. The summed E-state index contributed by atoms with van der Waals surface area (Å²) in [6.45, 7) is 13.0. The summed E-state index contributed by atoms with van der Waals surface area (Å²) in [6, 6.07) is 0. The predicted octanol–water partition coefficient (Wildman–Crippen LogP) is 1.91. The van der Waals surface area contributed by atoms with Crippen molar-refractivity contribution in [3.8, 4) is 0 Å². The molecule has 2 heteroatoms. The molecule has 1 atom stereocenters. The zero-order valence-electron chi connectivity index (χ0n) is 7.97. The Morgan fingerprint density at radius 3 is 2.09 bits per heavy atom. The highest BCUT2D eigenvalue weighted by Crippen LogP contribution is 2.04. The molecule has 0 aliphatic rings. The lowest BCUT2D eigenvalue weighted by atomic mass is 10.3. The second-order valence-corrected chi connectivity index (χ2v) is 2.42. The summed E-state index contributed by atoms with van der Waals surface area (Å²) in [4.78, 5) is 2.27. The molecule has 0 bridgehead atoms. The molecule has 0 saturated heterocycles. The van der Waals surface area contributed by atoms with Gasteiger partial charge in [-0.1, -0.05) is 13.8 Å². The molecule has 0 aromatic carbocycles. The van der Waals surface area contributed by atoms with Crippen molar-refractivity contribution in [3.63, 3.8) is 0 Å². The fourth-order valence-electron chi connectivity index (χ4n) is 1.19. The first-order valence-electron chi connectivity index (χ1n) is 4.44. The topological polar surface area (TPSA) is 12.5 Å². The number of hydrogen-bond donors (Lipinski definition) is 0. The highest BCUT2D eigenvalue weighted by Gasteiger charge is 2.11. The van der Waals surface area contributed by atoms with Crippen molar-refractivity contribution in [2.24, 2.45) is 0 Å². The zero-order valence-corrected chi connectivity index (χ0v) is 7.97. The Labute approximate surface area is 70.5 Å². The van der Waals surface area contributed by atoms with E-state index >= 15 is 0 Å². The maximum Gasteiger partial charge on any atom is 0.110 e. The average Bonchev–Trinajstić information content (AvgIpc) is 2.05. The Kier molecular flexibility index (Phi) is 6.57. The number of nitrogens with zero attached hydrogens (tertiary/aromatic N) is 1. The number of ether oxygens (including phenoxy) is 1. The van der Waals surface area contributed by atoms with Crippen LogP contribution < -0.4 is 0 Å². The molecule has 0 N–H and O–H groups in total. The third-order valence-corrected chi connectivity index (χ3v) is 1.83. The van der Waals surface area contributed by atoms with E-state index in [1.54, 1.807) is 0 Å². The summed E-state index contributed by atoms with van der Waals surface area (Å²) in [6.07, 6.45) is 1.05.